The quantitative estimate of drug-likeness (QED) is 0.719. The number of fused-ring (bicyclic) bond motifs is 1. The van der Waals surface area contributed by atoms with E-state index in [-0.39, 0.29) is 0 Å². The van der Waals surface area contributed by atoms with E-state index in [1.165, 1.54) is 21.9 Å². The van der Waals surface area contributed by atoms with Crippen molar-refractivity contribution in [1.82, 2.24) is 5.32 Å². The van der Waals surface area contributed by atoms with Gasteiger partial charge in [-0.05, 0) is 58.1 Å². The summed E-state index contributed by atoms with van der Waals surface area (Å²) < 4.78 is 0. The second-order valence-electron chi connectivity index (χ2n) is 5.30. The lowest BCUT2D eigenvalue weighted by atomic mass is 10.1. The van der Waals surface area contributed by atoms with Gasteiger partial charge in [0.15, 0.2) is 0 Å². The molecular formula is C18H19NS. The average molecular weight is 281 g/mol. The Bertz CT molecular complexity index is 673. The van der Waals surface area contributed by atoms with Crippen LogP contribution in [-0.2, 0) is 13.0 Å². The second kappa shape index (κ2) is 6.21. The zero-order valence-electron chi connectivity index (χ0n) is 11.7. The van der Waals surface area contributed by atoms with Gasteiger partial charge in [-0.15, -0.1) is 0 Å². The Hall–Kier alpha value is -1.64. The molecule has 0 saturated carbocycles. The van der Waals surface area contributed by atoms with Crippen LogP contribution in [0.15, 0.2) is 59.3 Å². The van der Waals surface area contributed by atoms with E-state index in [9.17, 15) is 0 Å². The van der Waals surface area contributed by atoms with Crippen LogP contribution in [0, 0.1) is 0 Å². The van der Waals surface area contributed by atoms with E-state index in [1.807, 2.05) is 0 Å². The molecule has 1 nitrogen and oxygen atoms in total. The van der Waals surface area contributed by atoms with Crippen LogP contribution < -0.4 is 5.32 Å². The van der Waals surface area contributed by atoms with E-state index in [4.69, 9.17) is 0 Å². The summed E-state index contributed by atoms with van der Waals surface area (Å²) in [6.45, 7) is 3.18. The minimum Gasteiger partial charge on any atom is -0.310 e. The minimum atomic E-state index is 0.496. The van der Waals surface area contributed by atoms with Gasteiger partial charge in [0.2, 0.25) is 0 Å². The van der Waals surface area contributed by atoms with Crippen molar-refractivity contribution in [3.05, 3.63) is 70.4 Å². The van der Waals surface area contributed by atoms with E-state index in [2.05, 4.69) is 71.5 Å². The SMILES string of the molecule is CC(Cc1ccsc1)NCc1ccc2ccccc2c1. The van der Waals surface area contributed by atoms with E-state index in [0.717, 1.165) is 13.0 Å². The summed E-state index contributed by atoms with van der Waals surface area (Å²) in [6.07, 6.45) is 1.09. The highest BCUT2D eigenvalue weighted by Crippen LogP contribution is 2.16. The van der Waals surface area contributed by atoms with Crippen molar-refractivity contribution in [2.45, 2.75) is 25.9 Å². The van der Waals surface area contributed by atoms with Gasteiger partial charge >= 0.3 is 0 Å². The third kappa shape index (κ3) is 3.27. The number of thiophene rings is 1. The van der Waals surface area contributed by atoms with Crippen molar-refractivity contribution < 1.29 is 0 Å². The summed E-state index contributed by atoms with van der Waals surface area (Å²) in [4.78, 5) is 0. The van der Waals surface area contributed by atoms with Gasteiger partial charge in [-0.25, -0.2) is 0 Å². The summed E-state index contributed by atoms with van der Waals surface area (Å²) in [7, 11) is 0. The fourth-order valence-electron chi connectivity index (χ4n) is 2.48. The highest BCUT2D eigenvalue weighted by Gasteiger charge is 2.04. The van der Waals surface area contributed by atoms with Gasteiger partial charge in [-0.1, -0.05) is 36.4 Å². The summed E-state index contributed by atoms with van der Waals surface area (Å²) in [6, 6.07) is 17.9. The first kappa shape index (κ1) is 13.3. The molecule has 3 aromatic rings. The van der Waals surface area contributed by atoms with Gasteiger partial charge in [-0.2, -0.15) is 11.3 Å². The van der Waals surface area contributed by atoms with E-state index >= 15 is 0 Å². The molecule has 1 unspecified atom stereocenters. The lowest BCUT2D eigenvalue weighted by Gasteiger charge is -2.13. The molecule has 1 heterocycles. The first-order valence-electron chi connectivity index (χ1n) is 7.03. The largest absolute Gasteiger partial charge is 0.310 e. The predicted octanol–water partition coefficient (Wildman–Crippen LogP) is 4.62. The van der Waals surface area contributed by atoms with Crippen molar-refractivity contribution in [3.63, 3.8) is 0 Å². The molecule has 0 saturated heterocycles. The standard InChI is InChI=1S/C18H19NS/c1-14(10-16-8-9-20-13-16)19-12-15-6-7-17-4-2-3-5-18(17)11-15/h2-9,11,13-14,19H,10,12H2,1H3. The monoisotopic (exact) mass is 281 g/mol. The van der Waals surface area contributed by atoms with Crippen LogP contribution in [0.5, 0.6) is 0 Å². The Kier molecular flexibility index (Phi) is 4.14. The van der Waals surface area contributed by atoms with Gasteiger partial charge in [0.1, 0.15) is 0 Å². The molecule has 0 aliphatic heterocycles. The molecule has 0 bridgehead atoms. The Morgan fingerprint density at radius 1 is 1.00 bits per heavy atom. The summed E-state index contributed by atoms with van der Waals surface area (Å²) in [5, 5.41) is 10.6. The maximum Gasteiger partial charge on any atom is 0.0208 e. The van der Waals surface area contributed by atoms with Crippen molar-refractivity contribution in [2.24, 2.45) is 0 Å². The molecular weight excluding hydrogens is 262 g/mol. The number of nitrogens with one attached hydrogen (secondary N) is 1. The van der Waals surface area contributed by atoms with Crippen molar-refractivity contribution in [1.29, 1.82) is 0 Å². The number of hydrogen-bond acceptors (Lipinski definition) is 2. The Balaban J connectivity index is 1.61. The van der Waals surface area contributed by atoms with Crippen LogP contribution in [0.3, 0.4) is 0 Å². The lowest BCUT2D eigenvalue weighted by molar-refractivity contribution is 0.546. The van der Waals surface area contributed by atoms with Gasteiger partial charge in [0.25, 0.3) is 0 Å². The lowest BCUT2D eigenvalue weighted by Crippen LogP contribution is -2.27. The third-order valence-electron chi connectivity index (χ3n) is 3.59. The smallest absolute Gasteiger partial charge is 0.0208 e. The van der Waals surface area contributed by atoms with Gasteiger partial charge in [-0.3, -0.25) is 0 Å². The van der Waals surface area contributed by atoms with Gasteiger partial charge < -0.3 is 5.32 Å². The number of hydrogen-bond donors (Lipinski definition) is 1. The summed E-state index contributed by atoms with van der Waals surface area (Å²) in [5.74, 6) is 0. The second-order valence-corrected chi connectivity index (χ2v) is 6.08. The maximum atomic E-state index is 3.61. The molecule has 0 amide bonds. The molecule has 1 atom stereocenters. The van der Waals surface area contributed by atoms with E-state index in [0.29, 0.717) is 6.04 Å². The Morgan fingerprint density at radius 3 is 2.65 bits per heavy atom. The molecule has 0 aliphatic carbocycles. The molecule has 1 aromatic heterocycles. The normalized spacial score (nSPS) is 12.7. The predicted molar refractivity (Wildman–Crippen MR) is 88.3 cm³/mol. The number of benzene rings is 2. The van der Waals surface area contributed by atoms with Crippen LogP contribution in [0.1, 0.15) is 18.1 Å². The molecule has 3 rings (SSSR count). The fourth-order valence-corrected chi connectivity index (χ4v) is 3.16. The van der Waals surface area contributed by atoms with E-state index in [1.54, 1.807) is 11.3 Å². The minimum absolute atomic E-state index is 0.496. The molecule has 102 valence electrons. The van der Waals surface area contributed by atoms with Crippen LogP contribution in [0.4, 0.5) is 0 Å². The van der Waals surface area contributed by atoms with Crippen LogP contribution in [0.2, 0.25) is 0 Å². The molecule has 0 radical (unpaired) electrons. The molecule has 2 aromatic carbocycles. The molecule has 1 N–H and O–H groups in total. The Labute approximate surface area is 124 Å². The average Bonchev–Trinajstić information content (AvgIpc) is 2.98. The fraction of sp³-hybridized carbons (Fsp3) is 0.222. The summed E-state index contributed by atoms with van der Waals surface area (Å²) in [5.41, 5.74) is 2.77. The van der Waals surface area contributed by atoms with Crippen LogP contribution in [-0.4, -0.2) is 6.04 Å². The molecule has 2 heteroatoms. The van der Waals surface area contributed by atoms with Crippen molar-refractivity contribution in [3.8, 4) is 0 Å². The van der Waals surface area contributed by atoms with Crippen molar-refractivity contribution in [2.75, 3.05) is 0 Å². The van der Waals surface area contributed by atoms with Crippen molar-refractivity contribution >= 4 is 22.1 Å². The molecule has 0 spiro atoms. The Morgan fingerprint density at radius 2 is 1.85 bits per heavy atom. The molecule has 0 aliphatic rings. The topological polar surface area (TPSA) is 12.0 Å². The van der Waals surface area contributed by atoms with Crippen LogP contribution >= 0.6 is 11.3 Å². The van der Waals surface area contributed by atoms with Gasteiger partial charge in [0, 0.05) is 12.6 Å². The molecule has 0 fully saturated rings. The first-order valence-corrected chi connectivity index (χ1v) is 7.98. The van der Waals surface area contributed by atoms with Gasteiger partial charge in [0.05, 0.1) is 0 Å². The maximum absolute atomic E-state index is 3.61. The highest BCUT2D eigenvalue weighted by atomic mass is 32.1. The zero-order valence-corrected chi connectivity index (χ0v) is 12.5. The number of rotatable bonds is 5. The van der Waals surface area contributed by atoms with E-state index < -0.39 is 0 Å². The highest BCUT2D eigenvalue weighted by molar-refractivity contribution is 7.07. The zero-order chi connectivity index (χ0) is 13.8. The first-order chi connectivity index (χ1) is 9.81. The molecule has 20 heavy (non-hydrogen) atoms. The van der Waals surface area contributed by atoms with Crippen LogP contribution in [0.25, 0.3) is 10.8 Å². The summed E-state index contributed by atoms with van der Waals surface area (Å²) >= 11 is 1.77. The third-order valence-corrected chi connectivity index (χ3v) is 4.32.